The molecule has 0 aliphatic carbocycles. The fourth-order valence-electron chi connectivity index (χ4n) is 2.18. The van der Waals surface area contributed by atoms with E-state index in [9.17, 15) is 18.0 Å². The molecule has 1 aromatic carbocycles. The average molecular weight is 397 g/mol. The second kappa shape index (κ2) is 6.72. The summed E-state index contributed by atoms with van der Waals surface area (Å²) in [6.45, 7) is 0. The van der Waals surface area contributed by atoms with E-state index in [0.717, 1.165) is 25.6 Å². The van der Waals surface area contributed by atoms with E-state index in [2.05, 4.69) is 29.1 Å². The molecular formula is C14H11N3O7S2. The van der Waals surface area contributed by atoms with E-state index in [1.165, 1.54) is 0 Å². The van der Waals surface area contributed by atoms with Gasteiger partial charge in [0, 0.05) is 10.1 Å². The molecule has 2 aromatic heterocycles. The molecule has 12 heteroatoms. The number of rotatable bonds is 5. The summed E-state index contributed by atoms with van der Waals surface area (Å²) in [6, 6.07) is 6.56. The first kappa shape index (κ1) is 17.8. The summed E-state index contributed by atoms with van der Waals surface area (Å²) in [4.78, 5) is 23.3. The lowest BCUT2D eigenvalue weighted by atomic mass is 10.2. The summed E-state index contributed by atoms with van der Waals surface area (Å²) in [5.74, 6) is -2.20. The van der Waals surface area contributed by atoms with Crippen molar-refractivity contribution in [3.05, 3.63) is 34.8 Å². The zero-order valence-corrected chi connectivity index (χ0v) is 15.0. The van der Waals surface area contributed by atoms with Crippen molar-refractivity contribution < 1.29 is 32.1 Å². The third kappa shape index (κ3) is 2.99. The van der Waals surface area contributed by atoms with E-state index in [0.29, 0.717) is 10.1 Å². The van der Waals surface area contributed by atoms with E-state index in [1.54, 1.807) is 24.3 Å². The Bertz CT molecular complexity index is 1100. The van der Waals surface area contributed by atoms with E-state index in [-0.39, 0.29) is 9.77 Å². The number of nitrogens with one attached hydrogen (secondary N) is 1. The number of hydrogen-bond donors (Lipinski definition) is 1. The van der Waals surface area contributed by atoms with Crippen LogP contribution < -0.4 is 4.72 Å². The standard InChI is InChI=1S/C14H11N3O7S2/c1-22-13(18)9-12(16-24-15-9)17-26(20,21)11-7-5-3-4-6-8(7)25-10(11)14(19)23-2/h3-6H,1-2H3,(H,16,17). The molecule has 0 bridgehead atoms. The number of carbonyl (C=O) groups is 2. The smallest absolute Gasteiger partial charge is 0.364 e. The van der Waals surface area contributed by atoms with Crippen LogP contribution in [0, 0.1) is 0 Å². The van der Waals surface area contributed by atoms with E-state index in [4.69, 9.17) is 0 Å². The van der Waals surface area contributed by atoms with Crippen LogP contribution in [0.5, 0.6) is 0 Å². The Morgan fingerprint density at radius 2 is 1.81 bits per heavy atom. The maximum absolute atomic E-state index is 12.9. The van der Waals surface area contributed by atoms with Crippen molar-refractivity contribution >= 4 is 49.2 Å². The number of aromatic nitrogens is 2. The average Bonchev–Trinajstić information content (AvgIpc) is 3.24. The highest BCUT2D eigenvalue weighted by molar-refractivity contribution is 7.93. The van der Waals surface area contributed by atoms with Gasteiger partial charge in [0.1, 0.15) is 9.77 Å². The van der Waals surface area contributed by atoms with Crippen LogP contribution in [0.15, 0.2) is 33.8 Å². The normalized spacial score (nSPS) is 11.3. The Morgan fingerprint density at radius 3 is 2.50 bits per heavy atom. The van der Waals surface area contributed by atoms with Gasteiger partial charge in [-0.3, -0.25) is 4.72 Å². The molecular weight excluding hydrogens is 386 g/mol. The molecule has 3 aromatic rings. The van der Waals surface area contributed by atoms with Crippen molar-refractivity contribution in [1.82, 2.24) is 10.3 Å². The van der Waals surface area contributed by atoms with Gasteiger partial charge in [-0.1, -0.05) is 18.2 Å². The molecule has 0 saturated heterocycles. The molecule has 10 nitrogen and oxygen atoms in total. The lowest BCUT2D eigenvalue weighted by Gasteiger charge is -2.07. The van der Waals surface area contributed by atoms with E-state index in [1.807, 2.05) is 0 Å². The maximum Gasteiger partial charge on any atom is 0.364 e. The summed E-state index contributed by atoms with van der Waals surface area (Å²) in [7, 11) is -2.09. The van der Waals surface area contributed by atoms with Gasteiger partial charge in [0.15, 0.2) is 0 Å². The van der Waals surface area contributed by atoms with Gasteiger partial charge < -0.3 is 9.47 Å². The number of methoxy groups -OCH3 is 2. The Kier molecular flexibility index (Phi) is 4.61. The van der Waals surface area contributed by atoms with Crippen LogP contribution in [0.4, 0.5) is 5.82 Å². The van der Waals surface area contributed by atoms with Gasteiger partial charge in [-0.05, 0) is 16.4 Å². The van der Waals surface area contributed by atoms with Gasteiger partial charge in [-0.15, -0.1) is 11.3 Å². The minimum atomic E-state index is -4.33. The molecule has 136 valence electrons. The number of anilines is 1. The van der Waals surface area contributed by atoms with Crippen molar-refractivity contribution in [2.45, 2.75) is 4.90 Å². The first-order valence-corrected chi connectivity index (χ1v) is 9.22. The van der Waals surface area contributed by atoms with Crippen LogP contribution >= 0.6 is 11.3 Å². The number of carbonyl (C=O) groups excluding carboxylic acids is 2. The number of hydrogen-bond acceptors (Lipinski definition) is 10. The Morgan fingerprint density at radius 1 is 1.12 bits per heavy atom. The molecule has 0 fully saturated rings. The topological polar surface area (TPSA) is 138 Å². The predicted molar refractivity (Wildman–Crippen MR) is 89.6 cm³/mol. The lowest BCUT2D eigenvalue weighted by Crippen LogP contribution is -2.18. The fraction of sp³-hybridized carbons (Fsp3) is 0.143. The zero-order chi connectivity index (χ0) is 18.9. The minimum absolute atomic E-state index is 0.114. The molecule has 0 radical (unpaired) electrons. The first-order chi connectivity index (χ1) is 12.4. The SMILES string of the molecule is COC(=O)c1nonc1NS(=O)(=O)c1c(C(=O)OC)sc2ccccc12. The number of nitrogens with zero attached hydrogens (tertiary/aromatic N) is 2. The number of esters is 2. The predicted octanol–water partition coefficient (Wildman–Crippen LogP) is 1.66. The summed E-state index contributed by atoms with van der Waals surface area (Å²) >= 11 is 0.966. The second-order valence-corrected chi connectivity index (χ2v) is 7.48. The molecule has 0 amide bonds. The molecule has 0 spiro atoms. The molecule has 0 unspecified atom stereocenters. The third-order valence-electron chi connectivity index (χ3n) is 3.29. The number of sulfonamides is 1. The van der Waals surface area contributed by atoms with Crippen molar-refractivity contribution in [3.63, 3.8) is 0 Å². The zero-order valence-electron chi connectivity index (χ0n) is 13.4. The summed E-state index contributed by atoms with van der Waals surface area (Å²) in [5.41, 5.74) is -0.449. The van der Waals surface area contributed by atoms with Crippen molar-refractivity contribution in [3.8, 4) is 0 Å². The van der Waals surface area contributed by atoms with Gasteiger partial charge in [-0.2, -0.15) is 0 Å². The van der Waals surface area contributed by atoms with Crippen LogP contribution in [0.2, 0.25) is 0 Å². The Hall–Kier alpha value is -2.99. The molecule has 0 atom stereocenters. The molecule has 2 heterocycles. The van der Waals surface area contributed by atoms with Gasteiger partial charge in [0.25, 0.3) is 10.0 Å². The number of fused-ring (bicyclic) bond motifs is 1. The second-order valence-electron chi connectivity index (χ2n) is 4.81. The summed E-state index contributed by atoms with van der Waals surface area (Å²) in [5, 5.41) is 7.00. The van der Waals surface area contributed by atoms with Crippen molar-refractivity contribution in [2.24, 2.45) is 0 Å². The van der Waals surface area contributed by atoms with Crippen LogP contribution in [0.3, 0.4) is 0 Å². The first-order valence-electron chi connectivity index (χ1n) is 6.92. The monoisotopic (exact) mass is 397 g/mol. The van der Waals surface area contributed by atoms with Crippen LogP contribution in [-0.4, -0.2) is 44.9 Å². The van der Waals surface area contributed by atoms with Crippen molar-refractivity contribution in [2.75, 3.05) is 18.9 Å². The fourth-order valence-corrected chi connectivity index (χ4v) is 5.00. The molecule has 26 heavy (non-hydrogen) atoms. The van der Waals surface area contributed by atoms with Crippen LogP contribution in [0.1, 0.15) is 20.2 Å². The van der Waals surface area contributed by atoms with Gasteiger partial charge in [0.2, 0.25) is 11.5 Å². The highest BCUT2D eigenvalue weighted by Gasteiger charge is 2.31. The lowest BCUT2D eigenvalue weighted by molar-refractivity contribution is 0.0584. The van der Waals surface area contributed by atoms with Crippen LogP contribution in [0.25, 0.3) is 10.1 Å². The van der Waals surface area contributed by atoms with E-state index < -0.39 is 33.5 Å². The number of benzene rings is 1. The summed E-state index contributed by atoms with van der Waals surface area (Å²) in [6.07, 6.45) is 0. The Balaban J connectivity index is 2.15. The molecule has 1 N–H and O–H groups in total. The Labute approximate surface area is 150 Å². The van der Waals surface area contributed by atoms with E-state index >= 15 is 0 Å². The van der Waals surface area contributed by atoms with Crippen LogP contribution in [-0.2, 0) is 19.5 Å². The molecule has 3 rings (SSSR count). The maximum atomic E-state index is 12.9. The molecule has 0 saturated carbocycles. The van der Waals surface area contributed by atoms with Gasteiger partial charge in [-0.25, -0.2) is 22.6 Å². The van der Waals surface area contributed by atoms with Crippen molar-refractivity contribution in [1.29, 1.82) is 0 Å². The molecule has 0 aliphatic heterocycles. The third-order valence-corrected chi connectivity index (χ3v) is 5.99. The highest BCUT2D eigenvalue weighted by atomic mass is 32.2. The van der Waals surface area contributed by atoms with Gasteiger partial charge in [0.05, 0.1) is 14.2 Å². The quantitative estimate of drug-likeness (QED) is 0.637. The summed E-state index contributed by atoms with van der Waals surface area (Å²) < 4.78 is 42.0. The molecule has 0 aliphatic rings. The minimum Gasteiger partial charge on any atom is -0.465 e. The highest BCUT2D eigenvalue weighted by Crippen LogP contribution is 2.36. The van der Waals surface area contributed by atoms with Gasteiger partial charge >= 0.3 is 11.9 Å². The largest absolute Gasteiger partial charge is 0.465 e. The number of thiophene rings is 1. The number of ether oxygens (including phenoxy) is 2.